The zero-order valence-corrected chi connectivity index (χ0v) is 10.9. The molecule has 0 aromatic heterocycles. The predicted octanol–water partition coefficient (Wildman–Crippen LogP) is 1.51. The second-order valence-electron chi connectivity index (χ2n) is 4.17. The number of methoxy groups -OCH3 is 1. The summed E-state index contributed by atoms with van der Waals surface area (Å²) in [5, 5.41) is 11.5. The molecule has 1 atom stereocenters. The van der Waals surface area contributed by atoms with E-state index in [1.165, 1.54) is 6.08 Å². The van der Waals surface area contributed by atoms with Gasteiger partial charge < -0.3 is 15.2 Å². The molecule has 0 fully saturated rings. The molecule has 0 aliphatic heterocycles. The first-order valence-corrected chi connectivity index (χ1v) is 5.81. The molecule has 1 aromatic rings. The summed E-state index contributed by atoms with van der Waals surface area (Å²) in [7, 11) is 1.59. The van der Waals surface area contributed by atoms with Crippen molar-refractivity contribution in [1.29, 1.82) is 0 Å². The highest BCUT2D eigenvalue weighted by Crippen LogP contribution is 2.20. The minimum Gasteiger partial charge on any atom is -0.496 e. The largest absolute Gasteiger partial charge is 0.496 e. The molecule has 0 aliphatic rings. The van der Waals surface area contributed by atoms with Crippen LogP contribution in [0.2, 0.25) is 0 Å². The average Bonchev–Trinajstić information content (AvgIpc) is 2.36. The number of hydrogen-bond donors (Lipinski definition) is 2. The van der Waals surface area contributed by atoms with Crippen molar-refractivity contribution in [3.63, 3.8) is 0 Å². The van der Waals surface area contributed by atoms with Gasteiger partial charge in [-0.1, -0.05) is 11.6 Å². The van der Waals surface area contributed by atoms with Crippen LogP contribution in [0.15, 0.2) is 24.3 Å². The van der Waals surface area contributed by atoms with E-state index in [0.717, 1.165) is 16.9 Å². The maximum atomic E-state index is 11.5. The molecular weight excluding hydrogens is 230 g/mol. The lowest BCUT2D eigenvalue weighted by Gasteiger charge is -2.08. The lowest BCUT2D eigenvalue weighted by Crippen LogP contribution is -2.33. The number of aryl methyl sites for hydroxylation is 1. The Bertz CT molecular complexity index is 441. The Hall–Kier alpha value is -1.81. The summed E-state index contributed by atoms with van der Waals surface area (Å²) in [6.45, 7) is 3.64. The summed E-state index contributed by atoms with van der Waals surface area (Å²) in [5.41, 5.74) is 1.95. The van der Waals surface area contributed by atoms with Gasteiger partial charge in [0.05, 0.1) is 13.7 Å². The summed E-state index contributed by atoms with van der Waals surface area (Å²) >= 11 is 0. The number of amides is 1. The Balaban J connectivity index is 2.77. The van der Waals surface area contributed by atoms with Crippen molar-refractivity contribution in [2.24, 2.45) is 0 Å². The van der Waals surface area contributed by atoms with Gasteiger partial charge in [-0.25, -0.2) is 0 Å². The van der Waals surface area contributed by atoms with Gasteiger partial charge in [-0.3, -0.25) is 4.79 Å². The maximum absolute atomic E-state index is 11.5. The SMILES string of the molecule is COc1ccc(C)cc1/C=C/C(=O)NC(C)CO. The topological polar surface area (TPSA) is 58.6 Å². The van der Waals surface area contributed by atoms with Crippen molar-refractivity contribution in [2.75, 3.05) is 13.7 Å². The summed E-state index contributed by atoms with van der Waals surface area (Å²) in [4.78, 5) is 11.5. The third-order valence-corrected chi connectivity index (χ3v) is 2.46. The Morgan fingerprint density at radius 3 is 2.89 bits per heavy atom. The van der Waals surface area contributed by atoms with Crippen LogP contribution in [0.1, 0.15) is 18.1 Å². The number of rotatable bonds is 5. The molecule has 18 heavy (non-hydrogen) atoms. The Morgan fingerprint density at radius 1 is 1.56 bits per heavy atom. The van der Waals surface area contributed by atoms with Crippen LogP contribution in [-0.2, 0) is 4.79 Å². The third-order valence-electron chi connectivity index (χ3n) is 2.46. The van der Waals surface area contributed by atoms with E-state index in [9.17, 15) is 4.79 Å². The van der Waals surface area contributed by atoms with Crippen LogP contribution in [0.5, 0.6) is 5.75 Å². The van der Waals surface area contributed by atoms with Crippen molar-refractivity contribution < 1.29 is 14.6 Å². The van der Waals surface area contributed by atoms with Gasteiger partial charge >= 0.3 is 0 Å². The molecule has 1 aromatic carbocycles. The second-order valence-corrected chi connectivity index (χ2v) is 4.17. The van der Waals surface area contributed by atoms with Gasteiger partial charge in [-0.15, -0.1) is 0 Å². The Kier molecular flexibility index (Phi) is 5.39. The molecule has 0 aliphatic carbocycles. The molecule has 1 amide bonds. The molecule has 4 heteroatoms. The molecule has 4 nitrogen and oxygen atoms in total. The fourth-order valence-corrected chi connectivity index (χ4v) is 1.49. The van der Waals surface area contributed by atoms with Crippen LogP contribution in [0, 0.1) is 6.92 Å². The van der Waals surface area contributed by atoms with Crippen molar-refractivity contribution >= 4 is 12.0 Å². The van der Waals surface area contributed by atoms with E-state index in [-0.39, 0.29) is 18.6 Å². The van der Waals surface area contributed by atoms with E-state index in [4.69, 9.17) is 9.84 Å². The van der Waals surface area contributed by atoms with Gasteiger partial charge in [0, 0.05) is 17.7 Å². The molecule has 0 heterocycles. The number of nitrogens with one attached hydrogen (secondary N) is 1. The summed E-state index contributed by atoms with van der Waals surface area (Å²) in [5.74, 6) is 0.486. The van der Waals surface area contributed by atoms with E-state index >= 15 is 0 Å². The fourth-order valence-electron chi connectivity index (χ4n) is 1.49. The number of benzene rings is 1. The minimum absolute atomic E-state index is 0.0760. The Morgan fingerprint density at radius 2 is 2.28 bits per heavy atom. The number of aliphatic hydroxyl groups is 1. The van der Waals surface area contributed by atoms with Gasteiger partial charge in [0.25, 0.3) is 0 Å². The minimum atomic E-state index is -0.249. The van der Waals surface area contributed by atoms with Crippen molar-refractivity contribution in [2.45, 2.75) is 19.9 Å². The van der Waals surface area contributed by atoms with Gasteiger partial charge in [-0.2, -0.15) is 0 Å². The zero-order chi connectivity index (χ0) is 13.5. The molecule has 1 unspecified atom stereocenters. The summed E-state index contributed by atoms with van der Waals surface area (Å²) in [6.07, 6.45) is 3.13. The second kappa shape index (κ2) is 6.81. The first kappa shape index (κ1) is 14.3. The summed E-state index contributed by atoms with van der Waals surface area (Å²) in [6, 6.07) is 5.51. The number of aliphatic hydroxyl groups excluding tert-OH is 1. The molecule has 0 spiro atoms. The van der Waals surface area contributed by atoms with E-state index in [2.05, 4.69) is 5.32 Å². The molecule has 0 radical (unpaired) electrons. The van der Waals surface area contributed by atoms with Gasteiger partial charge in [0.2, 0.25) is 5.91 Å². The highest BCUT2D eigenvalue weighted by Gasteiger charge is 2.03. The van der Waals surface area contributed by atoms with Crippen molar-refractivity contribution in [3.8, 4) is 5.75 Å². The molecule has 2 N–H and O–H groups in total. The first-order valence-electron chi connectivity index (χ1n) is 5.81. The molecule has 0 bridgehead atoms. The van der Waals surface area contributed by atoms with E-state index in [0.29, 0.717) is 0 Å². The molecule has 0 saturated carbocycles. The number of carbonyl (C=O) groups excluding carboxylic acids is 1. The zero-order valence-electron chi connectivity index (χ0n) is 10.9. The van der Waals surface area contributed by atoms with Crippen molar-refractivity contribution in [3.05, 3.63) is 35.4 Å². The lowest BCUT2D eigenvalue weighted by molar-refractivity contribution is -0.117. The smallest absolute Gasteiger partial charge is 0.244 e. The number of ether oxygens (including phenoxy) is 1. The van der Waals surface area contributed by atoms with Crippen LogP contribution in [0.4, 0.5) is 0 Å². The monoisotopic (exact) mass is 249 g/mol. The van der Waals surface area contributed by atoms with E-state index in [1.807, 2.05) is 25.1 Å². The molecule has 0 saturated heterocycles. The van der Waals surface area contributed by atoms with Gasteiger partial charge in [-0.05, 0) is 32.1 Å². The van der Waals surface area contributed by atoms with Crippen LogP contribution in [0.25, 0.3) is 6.08 Å². The first-order chi connectivity index (χ1) is 8.56. The van der Waals surface area contributed by atoms with Crippen LogP contribution in [0.3, 0.4) is 0 Å². The van der Waals surface area contributed by atoms with Gasteiger partial charge in [0.1, 0.15) is 5.75 Å². The van der Waals surface area contributed by atoms with E-state index < -0.39 is 0 Å². The molecule has 1 rings (SSSR count). The van der Waals surface area contributed by atoms with Gasteiger partial charge in [0.15, 0.2) is 0 Å². The van der Waals surface area contributed by atoms with Crippen molar-refractivity contribution in [1.82, 2.24) is 5.32 Å². The quantitative estimate of drug-likeness (QED) is 0.778. The highest BCUT2D eigenvalue weighted by atomic mass is 16.5. The third kappa shape index (κ3) is 4.22. The average molecular weight is 249 g/mol. The Labute approximate surface area is 107 Å². The maximum Gasteiger partial charge on any atom is 0.244 e. The standard InChI is InChI=1S/C14H19NO3/c1-10-4-6-13(18-3)12(8-10)5-7-14(17)15-11(2)9-16/h4-8,11,16H,9H2,1-3H3,(H,15,17)/b7-5+. The lowest BCUT2D eigenvalue weighted by atomic mass is 10.1. The molecular formula is C14H19NO3. The highest BCUT2D eigenvalue weighted by molar-refractivity contribution is 5.92. The molecule has 98 valence electrons. The fraction of sp³-hybridized carbons (Fsp3) is 0.357. The normalized spacial score (nSPS) is 12.4. The van der Waals surface area contributed by atoms with Crippen LogP contribution in [-0.4, -0.2) is 30.8 Å². The summed E-state index contributed by atoms with van der Waals surface area (Å²) < 4.78 is 5.21. The van der Waals surface area contributed by atoms with E-state index in [1.54, 1.807) is 20.1 Å². The van der Waals surface area contributed by atoms with Crippen LogP contribution >= 0.6 is 0 Å². The number of carbonyl (C=O) groups is 1. The van der Waals surface area contributed by atoms with Crippen LogP contribution < -0.4 is 10.1 Å². The predicted molar refractivity (Wildman–Crippen MR) is 71.5 cm³/mol. The number of hydrogen-bond acceptors (Lipinski definition) is 3.